The van der Waals surface area contributed by atoms with Crippen molar-refractivity contribution < 1.29 is 13.9 Å². The summed E-state index contributed by atoms with van der Waals surface area (Å²) in [6.07, 6.45) is 0. The number of hydrogen-bond acceptors (Lipinski definition) is 2. The molecule has 0 heterocycles. The lowest BCUT2D eigenvalue weighted by Gasteiger charge is -2.16. The molecular weight excluding hydrogens is 338 g/mol. The number of benzene rings is 2. The van der Waals surface area contributed by atoms with Gasteiger partial charge in [-0.05, 0) is 29.8 Å². The van der Waals surface area contributed by atoms with E-state index >= 15 is 0 Å². The SMILES string of the molecule is COc1cc(F)c(C(Cl)c2cc(Cl)ccc2Cl)cc1OC. The Kier molecular flexibility index (Phi) is 5.20. The number of halogens is 4. The van der Waals surface area contributed by atoms with E-state index in [4.69, 9.17) is 44.3 Å². The maximum atomic E-state index is 14.2. The Morgan fingerprint density at radius 3 is 2.19 bits per heavy atom. The van der Waals surface area contributed by atoms with Crippen LogP contribution in [0, 0.1) is 5.82 Å². The van der Waals surface area contributed by atoms with Gasteiger partial charge in [-0.1, -0.05) is 23.2 Å². The van der Waals surface area contributed by atoms with Gasteiger partial charge in [-0.2, -0.15) is 0 Å². The van der Waals surface area contributed by atoms with Crippen LogP contribution < -0.4 is 9.47 Å². The van der Waals surface area contributed by atoms with Crippen molar-refractivity contribution in [1.82, 2.24) is 0 Å². The van der Waals surface area contributed by atoms with Crippen molar-refractivity contribution in [1.29, 1.82) is 0 Å². The monoisotopic (exact) mass is 348 g/mol. The first kappa shape index (κ1) is 16.2. The Labute approximate surface area is 137 Å². The lowest BCUT2D eigenvalue weighted by molar-refractivity contribution is 0.351. The molecule has 0 N–H and O–H groups in total. The van der Waals surface area contributed by atoms with Crippen LogP contribution in [0.1, 0.15) is 16.5 Å². The summed E-state index contributed by atoms with van der Waals surface area (Å²) in [5, 5.41) is 0.0884. The maximum Gasteiger partial charge on any atom is 0.163 e. The second kappa shape index (κ2) is 6.73. The molecule has 2 aromatic carbocycles. The fourth-order valence-electron chi connectivity index (χ4n) is 1.94. The first-order chi connectivity index (χ1) is 9.97. The van der Waals surface area contributed by atoms with Gasteiger partial charge in [-0.25, -0.2) is 4.39 Å². The molecule has 0 saturated carbocycles. The van der Waals surface area contributed by atoms with E-state index in [0.717, 1.165) is 0 Å². The predicted molar refractivity (Wildman–Crippen MR) is 83.7 cm³/mol. The summed E-state index contributed by atoms with van der Waals surface area (Å²) in [5.41, 5.74) is 0.760. The standard InChI is InChI=1S/C15H12Cl3FO2/c1-20-13-6-10(12(19)7-14(13)21-2)15(18)9-5-8(16)3-4-11(9)17/h3-7,15H,1-2H3. The minimum absolute atomic E-state index is 0.235. The number of alkyl halides is 1. The van der Waals surface area contributed by atoms with Crippen LogP contribution in [0.25, 0.3) is 0 Å². The molecule has 0 aliphatic carbocycles. The second-order valence-corrected chi connectivity index (χ2v) is 5.54. The zero-order valence-corrected chi connectivity index (χ0v) is 13.6. The minimum Gasteiger partial charge on any atom is -0.493 e. The van der Waals surface area contributed by atoms with E-state index in [1.807, 2.05) is 0 Å². The summed E-state index contributed by atoms with van der Waals surface area (Å²) in [6.45, 7) is 0. The summed E-state index contributed by atoms with van der Waals surface area (Å²) in [6, 6.07) is 7.58. The van der Waals surface area contributed by atoms with E-state index in [9.17, 15) is 4.39 Å². The van der Waals surface area contributed by atoms with Gasteiger partial charge in [0, 0.05) is 21.7 Å². The summed E-state index contributed by atoms with van der Waals surface area (Å²) >= 11 is 18.4. The van der Waals surface area contributed by atoms with Gasteiger partial charge in [0.1, 0.15) is 5.82 Å². The average Bonchev–Trinajstić information content (AvgIpc) is 2.48. The first-order valence-electron chi connectivity index (χ1n) is 5.98. The van der Waals surface area contributed by atoms with E-state index in [1.54, 1.807) is 18.2 Å². The van der Waals surface area contributed by atoms with Crippen molar-refractivity contribution in [2.45, 2.75) is 5.38 Å². The van der Waals surface area contributed by atoms with Gasteiger partial charge in [0.05, 0.1) is 19.6 Å². The van der Waals surface area contributed by atoms with Crippen LogP contribution in [0.2, 0.25) is 10.0 Å². The molecule has 0 spiro atoms. The third kappa shape index (κ3) is 3.37. The molecule has 2 nitrogen and oxygen atoms in total. The molecule has 0 aromatic heterocycles. The molecule has 0 aliphatic rings. The van der Waals surface area contributed by atoms with Crippen LogP contribution in [0.15, 0.2) is 30.3 Å². The lowest BCUT2D eigenvalue weighted by Crippen LogP contribution is -2.01. The Hall–Kier alpha value is -1.16. The number of hydrogen-bond donors (Lipinski definition) is 0. The maximum absolute atomic E-state index is 14.2. The molecular formula is C15H12Cl3FO2. The van der Waals surface area contributed by atoms with E-state index in [-0.39, 0.29) is 5.56 Å². The van der Waals surface area contributed by atoms with Crippen LogP contribution in [-0.4, -0.2) is 14.2 Å². The quantitative estimate of drug-likeness (QED) is 0.681. The third-order valence-electron chi connectivity index (χ3n) is 3.01. The van der Waals surface area contributed by atoms with Gasteiger partial charge in [0.2, 0.25) is 0 Å². The van der Waals surface area contributed by atoms with Gasteiger partial charge in [-0.3, -0.25) is 0 Å². The minimum atomic E-state index is -0.795. The molecule has 0 aliphatic heterocycles. The van der Waals surface area contributed by atoms with Crippen LogP contribution >= 0.6 is 34.8 Å². The highest BCUT2D eigenvalue weighted by Crippen LogP contribution is 2.40. The van der Waals surface area contributed by atoms with Crippen molar-refractivity contribution in [2.24, 2.45) is 0 Å². The van der Waals surface area contributed by atoms with Crippen LogP contribution in [-0.2, 0) is 0 Å². The number of rotatable bonds is 4. The van der Waals surface area contributed by atoms with Crippen molar-refractivity contribution in [2.75, 3.05) is 14.2 Å². The topological polar surface area (TPSA) is 18.5 Å². The molecule has 0 fully saturated rings. The van der Waals surface area contributed by atoms with Gasteiger partial charge in [0.15, 0.2) is 11.5 Å². The van der Waals surface area contributed by atoms with Crippen LogP contribution in [0.3, 0.4) is 0 Å². The largest absolute Gasteiger partial charge is 0.493 e. The van der Waals surface area contributed by atoms with Crippen LogP contribution in [0.5, 0.6) is 11.5 Å². The van der Waals surface area contributed by atoms with Gasteiger partial charge < -0.3 is 9.47 Å². The number of ether oxygens (including phenoxy) is 2. The fourth-order valence-corrected chi connectivity index (χ4v) is 2.75. The smallest absolute Gasteiger partial charge is 0.163 e. The summed E-state index contributed by atoms with van der Waals surface area (Å²) in [5.74, 6) is 0.168. The molecule has 2 aromatic rings. The number of methoxy groups -OCH3 is 2. The molecule has 112 valence electrons. The molecule has 0 bridgehead atoms. The van der Waals surface area contributed by atoms with E-state index < -0.39 is 11.2 Å². The molecule has 21 heavy (non-hydrogen) atoms. The highest BCUT2D eigenvalue weighted by Gasteiger charge is 2.21. The summed E-state index contributed by atoms with van der Waals surface area (Å²) < 4.78 is 24.4. The highest BCUT2D eigenvalue weighted by molar-refractivity contribution is 6.35. The normalized spacial score (nSPS) is 12.1. The van der Waals surface area contributed by atoms with Crippen LogP contribution in [0.4, 0.5) is 4.39 Å². The van der Waals surface area contributed by atoms with E-state index in [0.29, 0.717) is 27.1 Å². The molecule has 2 rings (SSSR count). The molecule has 1 unspecified atom stereocenters. The van der Waals surface area contributed by atoms with Crippen molar-refractivity contribution in [3.8, 4) is 11.5 Å². The van der Waals surface area contributed by atoms with Gasteiger partial charge in [-0.15, -0.1) is 11.6 Å². The van der Waals surface area contributed by atoms with Gasteiger partial charge >= 0.3 is 0 Å². The zero-order chi connectivity index (χ0) is 15.6. The van der Waals surface area contributed by atoms with Crippen molar-refractivity contribution >= 4 is 34.8 Å². The van der Waals surface area contributed by atoms with Crippen molar-refractivity contribution in [3.63, 3.8) is 0 Å². The third-order valence-corrected chi connectivity index (χ3v) is 4.06. The van der Waals surface area contributed by atoms with Gasteiger partial charge in [0.25, 0.3) is 0 Å². The molecule has 0 amide bonds. The average molecular weight is 350 g/mol. The lowest BCUT2D eigenvalue weighted by atomic mass is 10.0. The van der Waals surface area contributed by atoms with Crippen molar-refractivity contribution in [3.05, 3.63) is 57.3 Å². The Balaban J connectivity index is 2.52. The molecule has 6 heteroatoms. The second-order valence-electron chi connectivity index (χ2n) is 4.26. The zero-order valence-electron chi connectivity index (χ0n) is 11.3. The summed E-state index contributed by atoms with van der Waals surface area (Å²) in [7, 11) is 2.90. The van der Waals surface area contributed by atoms with E-state index in [2.05, 4.69) is 0 Å². The Bertz CT molecular complexity index is 662. The van der Waals surface area contributed by atoms with E-state index in [1.165, 1.54) is 26.4 Å². The first-order valence-corrected chi connectivity index (χ1v) is 7.17. The predicted octanol–water partition coefficient (Wildman–Crippen LogP) is 5.48. The Morgan fingerprint density at radius 1 is 0.952 bits per heavy atom. The highest BCUT2D eigenvalue weighted by atomic mass is 35.5. The molecule has 1 atom stereocenters. The Morgan fingerprint density at radius 2 is 1.57 bits per heavy atom. The fraction of sp³-hybridized carbons (Fsp3) is 0.200. The summed E-state index contributed by atoms with van der Waals surface area (Å²) in [4.78, 5) is 0. The molecule has 0 saturated heterocycles. The molecule has 0 radical (unpaired) electrons.